The quantitative estimate of drug-likeness (QED) is 0.916. The molecule has 108 valence electrons. The number of carbonyl (C=O) groups is 1. The summed E-state index contributed by atoms with van der Waals surface area (Å²) in [5.74, 6) is 0.342. The zero-order valence-electron chi connectivity index (χ0n) is 11.5. The Labute approximate surface area is 128 Å². The fourth-order valence-electron chi connectivity index (χ4n) is 2.48. The van der Waals surface area contributed by atoms with Gasteiger partial charge in [-0.05, 0) is 48.7 Å². The van der Waals surface area contributed by atoms with Gasteiger partial charge < -0.3 is 10.6 Å². The van der Waals surface area contributed by atoms with E-state index in [-0.39, 0.29) is 5.91 Å². The first kappa shape index (κ1) is 14.0. The molecule has 5 heteroatoms. The molecule has 0 aliphatic carbocycles. The van der Waals surface area contributed by atoms with Gasteiger partial charge in [0.25, 0.3) is 5.91 Å². The number of rotatable bonds is 3. The Kier molecular flexibility index (Phi) is 4.18. The Morgan fingerprint density at radius 3 is 2.67 bits per heavy atom. The molecular weight excluding hydrogens is 286 g/mol. The lowest BCUT2D eigenvalue weighted by molar-refractivity contribution is 0.102. The Balaban J connectivity index is 1.67. The molecule has 2 aromatic rings. The Hall–Kier alpha value is -1.91. The average Bonchev–Trinajstić information content (AvgIpc) is 3.03. The molecule has 0 saturated carbocycles. The summed E-state index contributed by atoms with van der Waals surface area (Å²) >= 11 is 5.76. The number of hydrogen-bond donors (Lipinski definition) is 2. The van der Waals surface area contributed by atoms with E-state index in [4.69, 9.17) is 11.6 Å². The van der Waals surface area contributed by atoms with E-state index in [2.05, 4.69) is 27.8 Å². The Morgan fingerprint density at radius 1 is 1.24 bits per heavy atom. The summed E-state index contributed by atoms with van der Waals surface area (Å²) in [5, 5.41) is 6.71. The van der Waals surface area contributed by atoms with Crippen LogP contribution in [-0.4, -0.2) is 24.0 Å². The van der Waals surface area contributed by atoms with Crippen LogP contribution in [0, 0.1) is 0 Å². The summed E-state index contributed by atoms with van der Waals surface area (Å²) in [6.07, 6.45) is 2.63. The molecule has 2 heterocycles. The van der Waals surface area contributed by atoms with Crippen molar-refractivity contribution in [2.75, 3.05) is 18.4 Å². The van der Waals surface area contributed by atoms with Crippen LogP contribution in [0.4, 0.5) is 5.69 Å². The SMILES string of the molecule is O=C(Nc1ccc(C2CCNC2)cc1)c1ccc(Cl)cn1. The van der Waals surface area contributed by atoms with Crippen LogP contribution >= 0.6 is 11.6 Å². The molecule has 1 amide bonds. The lowest BCUT2D eigenvalue weighted by atomic mass is 9.98. The van der Waals surface area contributed by atoms with E-state index in [0.29, 0.717) is 16.6 Å². The summed E-state index contributed by atoms with van der Waals surface area (Å²) in [7, 11) is 0. The van der Waals surface area contributed by atoms with Crippen LogP contribution in [0.5, 0.6) is 0 Å². The number of hydrogen-bond acceptors (Lipinski definition) is 3. The highest BCUT2D eigenvalue weighted by Gasteiger charge is 2.16. The highest BCUT2D eigenvalue weighted by atomic mass is 35.5. The minimum Gasteiger partial charge on any atom is -0.321 e. The highest BCUT2D eigenvalue weighted by molar-refractivity contribution is 6.30. The van der Waals surface area contributed by atoms with Crippen LogP contribution in [0.15, 0.2) is 42.6 Å². The van der Waals surface area contributed by atoms with Crippen molar-refractivity contribution in [3.63, 3.8) is 0 Å². The third kappa shape index (κ3) is 3.40. The van der Waals surface area contributed by atoms with Crippen molar-refractivity contribution in [2.45, 2.75) is 12.3 Å². The van der Waals surface area contributed by atoms with Crippen LogP contribution in [0.1, 0.15) is 28.4 Å². The van der Waals surface area contributed by atoms with Crippen LogP contribution in [0.2, 0.25) is 5.02 Å². The fourth-order valence-corrected chi connectivity index (χ4v) is 2.59. The first-order valence-electron chi connectivity index (χ1n) is 6.96. The van der Waals surface area contributed by atoms with Gasteiger partial charge in [-0.3, -0.25) is 4.79 Å². The zero-order valence-corrected chi connectivity index (χ0v) is 12.2. The maximum atomic E-state index is 12.0. The molecule has 3 rings (SSSR count). The van der Waals surface area contributed by atoms with Crippen LogP contribution in [-0.2, 0) is 0 Å². The second-order valence-electron chi connectivity index (χ2n) is 5.13. The lowest BCUT2D eigenvalue weighted by Crippen LogP contribution is -2.13. The van der Waals surface area contributed by atoms with E-state index in [1.54, 1.807) is 12.1 Å². The molecule has 1 saturated heterocycles. The number of nitrogens with one attached hydrogen (secondary N) is 2. The van der Waals surface area contributed by atoms with E-state index in [9.17, 15) is 4.79 Å². The van der Waals surface area contributed by atoms with Crippen LogP contribution in [0.25, 0.3) is 0 Å². The zero-order chi connectivity index (χ0) is 14.7. The molecule has 0 bridgehead atoms. The normalized spacial score (nSPS) is 17.7. The molecule has 1 fully saturated rings. The van der Waals surface area contributed by atoms with Gasteiger partial charge >= 0.3 is 0 Å². The van der Waals surface area contributed by atoms with Gasteiger partial charge in [-0.25, -0.2) is 4.98 Å². The van der Waals surface area contributed by atoms with E-state index in [1.807, 2.05) is 12.1 Å². The average molecular weight is 302 g/mol. The van der Waals surface area contributed by atoms with Gasteiger partial charge in [0, 0.05) is 18.4 Å². The molecule has 1 aromatic carbocycles. The highest BCUT2D eigenvalue weighted by Crippen LogP contribution is 2.23. The number of halogens is 1. The maximum absolute atomic E-state index is 12.0. The van der Waals surface area contributed by atoms with Gasteiger partial charge in [0.2, 0.25) is 0 Å². The van der Waals surface area contributed by atoms with Crippen molar-refractivity contribution in [2.24, 2.45) is 0 Å². The van der Waals surface area contributed by atoms with E-state index >= 15 is 0 Å². The number of aromatic nitrogens is 1. The number of anilines is 1. The first-order chi connectivity index (χ1) is 10.2. The van der Waals surface area contributed by atoms with E-state index in [1.165, 1.54) is 18.2 Å². The number of nitrogens with zero attached hydrogens (tertiary/aromatic N) is 1. The predicted octanol–water partition coefficient (Wildman–Crippen LogP) is 3.06. The van der Waals surface area contributed by atoms with Crippen molar-refractivity contribution in [1.82, 2.24) is 10.3 Å². The molecule has 2 N–H and O–H groups in total. The molecule has 1 aliphatic heterocycles. The number of benzene rings is 1. The van der Waals surface area contributed by atoms with Crippen molar-refractivity contribution < 1.29 is 4.79 Å². The van der Waals surface area contributed by atoms with Gasteiger partial charge in [0.1, 0.15) is 5.69 Å². The molecule has 0 radical (unpaired) electrons. The molecule has 1 unspecified atom stereocenters. The minimum atomic E-state index is -0.234. The largest absolute Gasteiger partial charge is 0.321 e. The number of carbonyl (C=O) groups excluding carboxylic acids is 1. The van der Waals surface area contributed by atoms with Crippen molar-refractivity contribution in [3.05, 3.63) is 58.9 Å². The lowest BCUT2D eigenvalue weighted by Gasteiger charge is -2.10. The molecule has 1 aromatic heterocycles. The van der Waals surface area contributed by atoms with Gasteiger partial charge in [0.05, 0.1) is 5.02 Å². The fraction of sp³-hybridized carbons (Fsp3) is 0.250. The summed E-state index contributed by atoms with van der Waals surface area (Å²) in [4.78, 5) is 16.0. The second-order valence-corrected chi connectivity index (χ2v) is 5.56. The van der Waals surface area contributed by atoms with Crippen molar-refractivity contribution in [1.29, 1.82) is 0 Å². The molecule has 1 aliphatic rings. The monoisotopic (exact) mass is 301 g/mol. The third-order valence-corrected chi connectivity index (χ3v) is 3.88. The maximum Gasteiger partial charge on any atom is 0.274 e. The van der Waals surface area contributed by atoms with Crippen molar-refractivity contribution >= 4 is 23.2 Å². The number of pyridine rings is 1. The molecular formula is C16H16ClN3O. The van der Waals surface area contributed by atoms with Crippen LogP contribution < -0.4 is 10.6 Å². The van der Waals surface area contributed by atoms with Gasteiger partial charge in [-0.1, -0.05) is 23.7 Å². The Morgan fingerprint density at radius 2 is 2.05 bits per heavy atom. The van der Waals surface area contributed by atoms with Gasteiger partial charge in [0.15, 0.2) is 0 Å². The number of amides is 1. The first-order valence-corrected chi connectivity index (χ1v) is 7.34. The predicted molar refractivity (Wildman–Crippen MR) is 83.9 cm³/mol. The molecule has 4 nitrogen and oxygen atoms in total. The topological polar surface area (TPSA) is 54.0 Å². The summed E-state index contributed by atoms with van der Waals surface area (Å²) in [5.41, 5.74) is 2.43. The third-order valence-electron chi connectivity index (χ3n) is 3.66. The van der Waals surface area contributed by atoms with E-state index < -0.39 is 0 Å². The van der Waals surface area contributed by atoms with E-state index in [0.717, 1.165) is 18.8 Å². The minimum absolute atomic E-state index is 0.234. The summed E-state index contributed by atoms with van der Waals surface area (Å²) in [6.45, 7) is 2.10. The van der Waals surface area contributed by atoms with Gasteiger partial charge in [-0.2, -0.15) is 0 Å². The second kappa shape index (κ2) is 6.24. The van der Waals surface area contributed by atoms with Gasteiger partial charge in [-0.15, -0.1) is 0 Å². The van der Waals surface area contributed by atoms with Crippen LogP contribution in [0.3, 0.4) is 0 Å². The van der Waals surface area contributed by atoms with Crippen molar-refractivity contribution in [3.8, 4) is 0 Å². The summed E-state index contributed by atoms with van der Waals surface area (Å²) in [6, 6.07) is 11.3. The summed E-state index contributed by atoms with van der Waals surface area (Å²) < 4.78 is 0. The smallest absolute Gasteiger partial charge is 0.274 e. The molecule has 1 atom stereocenters. The molecule has 21 heavy (non-hydrogen) atoms. The Bertz CT molecular complexity index is 619. The molecule has 0 spiro atoms. The standard InChI is InChI=1S/C16H16ClN3O/c17-13-3-6-15(19-10-13)16(21)20-14-4-1-11(2-5-14)12-7-8-18-9-12/h1-6,10,12,18H,7-9H2,(H,20,21).